The Hall–Kier alpha value is -4.52. The summed E-state index contributed by atoms with van der Waals surface area (Å²) in [5.74, 6) is -0.284. The van der Waals surface area contributed by atoms with Gasteiger partial charge in [0.1, 0.15) is 0 Å². The zero-order valence-electron chi connectivity index (χ0n) is 31.8. The molecule has 0 radical (unpaired) electrons. The number of likely N-dealkylation sites (N-methyl/N-ethyl adjacent to an activating group) is 1. The molecule has 3 amide bonds. The number of amides is 3. The van der Waals surface area contributed by atoms with E-state index in [-0.39, 0.29) is 28.6 Å². The molecule has 2 heterocycles. The minimum Gasteiger partial charge on any atom is -0.383 e. The summed E-state index contributed by atoms with van der Waals surface area (Å²) >= 11 is 6.59. The number of nitrogens with one attached hydrogen (secondary N) is 2. The number of allylic oxidation sites excluding steroid dienone is 2. The Morgan fingerprint density at radius 2 is 1.65 bits per heavy atom. The molecule has 2 aromatic carbocycles. The Balaban J connectivity index is 1.39. The highest BCUT2D eigenvalue weighted by molar-refractivity contribution is 6.34. The molecule has 0 aliphatic carbocycles. The van der Waals surface area contributed by atoms with Crippen molar-refractivity contribution in [2.45, 2.75) is 33.6 Å². The van der Waals surface area contributed by atoms with Crippen molar-refractivity contribution in [2.75, 3.05) is 79.4 Å². The number of benzene rings is 2. The molecule has 13 heteroatoms. The van der Waals surface area contributed by atoms with Gasteiger partial charge in [-0.3, -0.25) is 14.4 Å². The molecule has 0 spiro atoms. The van der Waals surface area contributed by atoms with Crippen LogP contribution in [-0.4, -0.2) is 127 Å². The molecule has 1 aliphatic rings. The average Bonchev–Trinajstić information content (AvgIpc) is 3.51. The quantitative estimate of drug-likeness (QED) is 0.195. The number of hydrogen-bond acceptors (Lipinski definition) is 8. The molecule has 1 aromatic heterocycles. The number of halogens is 1. The van der Waals surface area contributed by atoms with E-state index in [2.05, 4.69) is 20.1 Å². The van der Waals surface area contributed by atoms with E-state index in [4.69, 9.17) is 21.7 Å². The molecule has 1 fully saturated rings. The molecular formula is C39H53ClN8O4. The van der Waals surface area contributed by atoms with Gasteiger partial charge in [-0.1, -0.05) is 42.8 Å². The molecule has 280 valence electrons. The van der Waals surface area contributed by atoms with Crippen LogP contribution in [0.2, 0.25) is 5.02 Å². The highest BCUT2D eigenvalue weighted by atomic mass is 35.5. The molecule has 1 saturated heterocycles. The molecule has 0 saturated carbocycles. The van der Waals surface area contributed by atoms with Crippen molar-refractivity contribution in [2.24, 2.45) is 13.0 Å². The van der Waals surface area contributed by atoms with Gasteiger partial charge in [0.15, 0.2) is 5.82 Å². The van der Waals surface area contributed by atoms with E-state index < -0.39 is 5.91 Å². The first-order valence-electron chi connectivity index (χ1n) is 17.7. The Labute approximate surface area is 312 Å². The van der Waals surface area contributed by atoms with Gasteiger partial charge in [0.25, 0.3) is 11.8 Å². The number of ether oxygens (including phenoxy) is 1. The topological polar surface area (TPSA) is 127 Å². The molecule has 2 N–H and O–H groups in total. The number of carbonyl (C=O) groups excluding carboxylic acids is 3. The number of hydrogen-bond donors (Lipinski definition) is 2. The van der Waals surface area contributed by atoms with Crippen molar-refractivity contribution in [1.82, 2.24) is 29.2 Å². The molecular weight excluding hydrogens is 680 g/mol. The minimum atomic E-state index is -0.420. The zero-order valence-corrected chi connectivity index (χ0v) is 32.5. The molecule has 1 aliphatic heterocycles. The van der Waals surface area contributed by atoms with E-state index in [1.165, 1.54) is 0 Å². The molecule has 1 unspecified atom stereocenters. The maximum Gasteiger partial charge on any atom is 0.291 e. The van der Waals surface area contributed by atoms with Crippen LogP contribution in [0.15, 0.2) is 54.4 Å². The Morgan fingerprint density at radius 3 is 2.23 bits per heavy atom. The maximum atomic E-state index is 13.4. The van der Waals surface area contributed by atoms with Gasteiger partial charge < -0.3 is 39.6 Å². The fraction of sp³-hybridized carbons (Fsp3) is 0.462. The third kappa shape index (κ3) is 9.67. The number of anilines is 1. The second-order valence-corrected chi connectivity index (χ2v) is 14.0. The molecule has 3 aromatic rings. The average molecular weight is 733 g/mol. The summed E-state index contributed by atoms with van der Waals surface area (Å²) < 4.78 is 6.94. The first-order chi connectivity index (χ1) is 24.8. The van der Waals surface area contributed by atoms with Crippen LogP contribution in [0.25, 0.3) is 16.8 Å². The summed E-state index contributed by atoms with van der Waals surface area (Å²) in [6, 6.07) is 12.7. The summed E-state index contributed by atoms with van der Waals surface area (Å²) in [6.07, 6.45) is 3.26. The SMILES string of the molecule is CCC(CCN(C)C)C(=O)N1CCN(C(=O)c2ccc(NC(=O)c3ncc(-c4ccc(/C(C(C)=N)=C(\C)N(C)CCOC)cc4)n3C)cc2Cl)CC1. The van der Waals surface area contributed by atoms with Crippen molar-refractivity contribution in [3.63, 3.8) is 0 Å². The summed E-state index contributed by atoms with van der Waals surface area (Å²) in [4.78, 5) is 52.0. The highest BCUT2D eigenvalue weighted by Gasteiger charge is 2.29. The summed E-state index contributed by atoms with van der Waals surface area (Å²) in [7, 11) is 9.45. The van der Waals surface area contributed by atoms with Crippen molar-refractivity contribution in [1.29, 1.82) is 5.41 Å². The van der Waals surface area contributed by atoms with Crippen LogP contribution in [0, 0.1) is 11.3 Å². The standard InChI is InChI=1S/C39H53ClN8O4/c1-9-28(16-17-44(4)5)38(50)47-18-20-48(21-19-47)39(51)32-15-14-31(24-33(32)40)43-37(49)36-42-25-34(46(36)7)29-10-12-30(13-11-29)35(26(2)41)27(3)45(6)22-23-52-8/h10-15,24-25,28,41H,9,16-23H2,1-8H3,(H,43,49)/b35-27+,41-26?. The molecule has 1 atom stereocenters. The predicted octanol–water partition coefficient (Wildman–Crippen LogP) is 5.60. The lowest BCUT2D eigenvalue weighted by Crippen LogP contribution is -2.52. The largest absolute Gasteiger partial charge is 0.383 e. The first kappa shape index (κ1) is 40.3. The third-order valence-corrected chi connectivity index (χ3v) is 10.0. The predicted molar refractivity (Wildman–Crippen MR) is 208 cm³/mol. The lowest BCUT2D eigenvalue weighted by molar-refractivity contribution is -0.137. The maximum absolute atomic E-state index is 13.4. The zero-order chi connectivity index (χ0) is 38.1. The monoisotopic (exact) mass is 732 g/mol. The van der Waals surface area contributed by atoms with Gasteiger partial charge in [-0.15, -0.1) is 0 Å². The van der Waals surface area contributed by atoms with Crippen LogP contribution in [0.1, 0.15) is 60.2 Å². The highest BCUT2D eigenvalue weighted by Crippen LogP contribution is 2.28. The van der Waals surface area contributed by atoms with Crippen molar-refractivity contribution in [3.8, 4) is 11.3 Å². The molecule has 52 heavy (non-hydrogen) atoms. The van der Waals surface area contributed by atoms with Crippen LogP contribution >= 0.6 is 11.6 Å². The fourth-order valence-electron chi connectivity index (χ4n) is 6.41. The number of methoxy groups -OCH3 is 1. The van der Waals surface area contributed by atoms with Crippen LogP contribution < -0.4 is 5.32 Å². The van der Waals surface area contributed by atoms with Gasteiger partial charge >= 0.3 is 0 Å². The lowest BCUT2D eigenvalue weighted by Gasteiger charge is -2.36. The summed E-state index contributed by atoms with van der Waals surface area (Å²) in [6.45, 7) is 9.82. The van der Waals surface area contributed by atoms with Crippen LogP contribution in [-0.2, 0) is 16.6 Å². The molecule has 0 bridgehead atoms. The first-order valence-corrected chi connectivity index (χ1v) is 18.1. The number of piperazine rings is 1. The number of imidazole rings is 1. The summed E-state index contributed by atoms with van der Waals surface area (Å²) in [5, 5.41) is 11.5. The lowest BCUT2D eigenvalue weighted by atomic mass is 9.97. The van der Waals surface area contributed by atoms with Gasteiger partial charge in [0.05, 0.1) is 29.1 Å². The van der Waals surface area contributed by atoms with Crippen molar-refractivity contribution < 1.29 is 19.1 Å². The van der Waals surface area contributed by atoms with Gasteiger partial charge in [-0.05, 0) is 76.7 Å². The van der Waals surface area contributed by atoms with Gasteiger partial charge in [0.2, 0.25) is 5.91 Å². The van der Waals surface area contributed by atoms with Crippen LogP contribution in [0.4, 0.5) is 5.69 Å². The Morgan fingerprint density at radius 1 is 1.00 bits per heavy atom. The molecule has 4 rings (SSSR count). The molecule has 12 nitrogen and oxygen atoms in total. The van der Waals surface area contributed by atoms with E-state index in [1.54, 1.807) is 54.9 Å². The normalized spacial score (nSPS) is 14.3. The van der Waals surface area contributed by atoms with Crippen molar-refractivity contribution in [3.05, 3.63) is 76.3 Å². The van der Waals surface area contributed by atoms with Crippen LogP contribution in [0.5, 0.6) is 0 Å². The van der Waals surface area contributed by atoms with Crippen LogP contribution in [0.3, 0.4) is 0 Å². The summed E-state index contributed by atoms with van der Waals surface area (Å²) in [5.41, 5.74) is 5.63. The van der Waals surface area contributed by atoms with Gasteiger partial charge in [-0.25, -0.2) is 4.98 Å². The van der Waals surface area contributed by atoms with E-state index in [9.17, 15) is 14.4 Å². The number of aromatic nitrogens is 2. The van der Waals surface area contributed by atoms with E-state index >= 15 is 0 Å². The Kier molecular flexibility index (Phi) is 14.2. The van der Waals surface area contributed by atoms with E-state index in [0.717, 1.165) is 47.5 Å². The van der Waals surface area contributed by atoms with E-state index in [1.807, 2.05) is 64.2 Å². The number of carbonyl (C=O) groups is 3. The Bertz CT molecular complexity index is 1780. The fourth-order valence-corrected chi connectivity index (χ4v) is 6.67. The van der Waals surface area contributed by atoms with E-state index in [0.29, 0.717) is 56.3 Å². The number of rotatable bonds is 15. The third-order valence-electron chi connectivity index (χ3n) is 9.70. The number of nitrogens with zero attached hydrogens (tertiary/aromatic N) is 6. The minimum absolute atomic E-state index is 0.0201. The second-order valence-electron chi connectivity index (χ2n) is 13.6. The van der Waals surface area contributed by atoms with Gasteiger partial charge in [0, 0.05) is 82.5 Å². The smallest absolute Gasteiger partial charge is 0.291 e. The van der Waals surface area contributed by atoms with Crippen molar-refractivity contribution >= 4 is 46.3 Å². The second kappa shape index (κ2) is 18.3. The van der Waals surface area contributed by atoms with Gasteiger partial charge in [-0.2, -0.15) is 0 Å².